The van der Waals surface area contributed by atoms with Crippen LogP contribution in [0.3, 0.4) is 0 Å². The Hall–Kier alpha value is -1.53. The van der Waals surface area contributed by atoms with Crippen molar-refractivity contribution in [2.75, 3.05) is 0 Å². The molecule has 23 heavy (non-hydrogen) atoms. The second-order valence-corrected chi connectivity index (χ2v) is 6.68. The molecule has 0 aromatic heterocycles. The number of nitrogens with zero attached hydrogens (tertiary/aromatic N) is 2. The molecular weight excluding hydrogens is 382 g/mol. The average molecular weight is 399 g/mol. The summed E-state index contributed by atoms with van der Waals surface area (Å²) < 4.78 is 0.888. The van der Waals surface area contributed by atoms with Crippen molar-refractivity contribution in [3.05, 3.63) is 33.3 Å². The Morgan fingerprint density at radius 3 is 2.74 bits per heavy atom. The van der Waals surface area contributed by atoms with Gasteiger partial charge in [0.25, 0.3) is 5.91 Å². The van der Waals surface area contributed by atoms with E-state index in [2.05, 4.69) is 31.2 Å². The summed E-state index contributed by atoms with van der Waals surface area (Å²) in [4.78, 5) is 31.9. The molecule has 0 bridgehead atoms. The molecule has 122 valence electrons. The Balaban J connectivity index is 1.84. The number of amides is 2. The van der Waals surface area contributed by atoms with Gasteiger partial charge in [0.2, 0.25) is 5.91 Å². The number of amidine groups is 1. The van der Waals surface area contributed by atoms with Gasteiger partial charge in [0.1, 0.15) is 5.84 Å². The van der Waals surface area contributed by atoms with Crippen LogP contribution in [-0.2, 0) is 16.1 Å². The molecule has 2 amide bonds. The minimum Gasteiger partial charge on any atom is -0.352 e. The highest BCUT2D eigenvalue weighted by Crippen LogP contribution is 2.21. The Morgan fingerprint density at radius 1 is 1.35 bits per heavy atom. The lowest BCUT2D eigenvalue weighted by Gasteiger charge is -2.16. The van der Waals surface area contributed by atoms with Crippen molar-refractivity contribution < 1.29 is 9.59 Å². The maximum atomic E-state index is 12.0. The predicted octanol–water partition coefficient (Wildman–Crippen LogP) is 3.53. The van der Waals surface area contributed by atoms with Gasteiger partial charge >= 0.3 is 0 Å². The maximum Gasteiger partial charge on any atom is 0.256 e. The molecule has 1 aliphatic heterocycles. The van der Waals surface area contributed by atoms with Crippen molar-refractivity contribution >= 4 is 50.9 Å². The first kappa shape index (κ1) is 17.8. The van der Waals surface area contributed by atoms with Crippen LogP contribution in [0, 0.1) is 5.92 Å². The van der Waals surface area contributed by atoms with E-state index < -0.39 is 5.92 Å². The summed E-state index contributed by atoms with van der Waals surface area (Å²) in [5.41, 5.74) is 1.56. The molecule has 0 radical (unpaired) electrons. The molecule has 0 spiro atoms. The SMILES string of the molecule is CC1=NC(=O)C(CCC(=O)NCc2ccc(Br)cc2Cl)C(C)=N1. The number of hydrogen-bond donors (Lipinski definition) is 1. The van der Waals surface area contributed by atoms with Gasteiger partial charge in [-0.2, -0.15) is 4.99 Å². The fourth-order valence-corrected chi connectivity index (χ4v) is 3.07. The van der Waals surface area contributed by atoms with Crippen molar-refractivity contribution in [1.29, 1.82) is 0 Å². The van der Waals surface area contributed by atoms with E-state index in [1.165, 1.54) is 0 Å². The Morgan fingerprint density at radius 2 is 2.09 bits per heavy atom. The number of aliphatic imine (C=N–C) groups is 2. The molecule has 0 aliphatic carbocycles. The van der Waals surface area contributed by atoms with Gasteiger partial charge in [0.15, 0.2) is 0 Å². The van der Waals surface area contributed by atoms with Crippen LogP contribution in [0.2, 0.25) is 5.02 Å². The molecule has 0 saturated heterocycles. The summed E-state index contributed by atoms with van der Waals surface area (Å²) in [7, 11) is 0. The normalized spacial score (nSPS) is 17.6. The highest BCUT2D eigenvalue weighted by Gasteiger charge is 2.25. The lowest BCUT2D eigenvalue weighted by molar-refractivity contribution is -0.122. The molecule has 1 aliphatic rings. The van der Waals surface area contributed by atoms with Crippen molar-refractivity contribution in [2.45, 2.75) is 33.2 Å². The average Bonchev–Trinajstić information content (AvgIpc) is 2.45. The molecule has 5 nitrogen and oxygen atoms in total. The van der Waals surface area contributed by atoms with Gasteiger partial charge in [-0.15, -0.1) is 0 Å². The minimum absolute atomic E-state index is 0.129. The quantitative estimate of drug-likeness (QED) is 0.824. The Labute approximate surface area is 148 Å². The van der Waals surface area contributed by atoms with Crippen LogP contribution in [0.15, 0.2) is 32.7 Å². The third kappa shape index (κ3) is 4.97. The zero-order valence-corrected chi connectivity index (χ0v) is 15.2. The summed E-state index contributed by atoms with van der Waals surface area (Å²) in [6, 6.07) is 5.50. The van der Waals surface area contributed by atoms with E-state index in [1.54, 1.807) is 19.9 Å². The van der Waals surface area contributed by atoms with Crippen LogP contribution < -0.4 is 5.32 Å². The molecule has 1 heterocycles. The fourth-order valence-electron chi connectivity index (χ4n) is 2.33. The number of halogens is 2. The standard InChI is InChI=1S/C16H17BrClN3O2/c1-9-13(16(23)21-10(2)20-9)5-6-15(22)19-8-11-3-4-12(17)7-14(11)18/h3-4,7,13H,5-6,8H2,1-2H3,(H,19,22). The van der Waals surface area contributed by atoms with Gasteiger partial charge < -0.3 is 5.32 Å². The zero-order chi connectivity index (χ0) is 17.0. The third-order valence-electron chi connectivity index (χ3n) is 3.56. The number of nitrogens with one attached hydrogen (secondary N) is 1. The van der Waals surface area contributed by atoms with E-state index in [9.17, 15) is 9.59 Å². The van der Waals surface area contributed by atoms with Gasteiger partial charge in [0.05, 0.1) is 5.92 Å². The highest BCUT2D eigenvalue weighted by atomic mass is 79.9. The van der Waals surface area contributed by atoms with Crippen molar-refractivity contribution in [3.8, 4) is 0 Å². The molecule has 1 atom stereocenters. The first-order valence-electron chi connectivity index (χ1n) is 7.21. The summed E-state index contributed by atoms with van der Waals surface area (Å²) in [6.07, 6.45) is 0.650. The van der Waals surface area contributed by atoms with Gasteiger partial charge in [-0.1, -0.05) is 33.6 Å². The maximum absolute atomic E-state index is 12.0. The van der Waals surface area contributed by atoms with Gasteiger partial charge in [-0.3, -0.25) is 9.59 Å². The summed E-state index contributed by atoms with van der Waals surface area (Å²) in [6.45, 7) is 3.83. The molecule has 2 rings (SSSR count). The van der Waals surface area contributed by atoms with Crippen LogP contribution in [-0.4, -0.2) is 23.4 Å². The first-order valence-corrected chi connectivity index (χ1v) is 8.39. The third-order valence-corrected chi connectivity index (χ3v) is 4.41. The highest BCUT2D eigenvalue weighted by molar-refractivity contribution is 9.10. The lowest BCUT2D eigenvalue weighted by atomic mass is 9.96. The van der Waals surface area contributed by atoms with E-state index in [4.69, 9.17) is 11.6 Å². The number of rotatable bonds is 5. The minimum atomic E-state index is -0.402. The lowest BCUT2D eigenvalue weighted by Crippen LogP contribution is -2.29. The van der Waals surface area contributed by atoms with E-state index in [-0.39, 0.29) is 18.2 Å². The van der Waals surface area contributed by atoms with E-state index in [1.807, 2.05) is 12.1 Å². The topological polar surface area (TPSA) is 70.9 Å². The van der Waals surface area contributed by atoms with Crippen molar-refractivity contribution in [3.63, 3.8) is 0 Å². The number of hydrogen-bond acceptors (Lipinski definition) is 3. The second-order valence-electron chi connectivity index (χ2n) is 5.35. The molecule has 1 aromatic rings. The molecule has 0 saturated carbocycles. The van der Waals surface area contributed by atoms with Gasteiger partial charge in [-0.05, 0) is 38.0 Å². The summed E-state index contributed by atoms with van der Waals surface area (Å²) in [5.74, 6) is -0.284. The molecule has 1 N–H and O–H groups in total. The van der Waals surface area contributed by atoms with Gasteiger partial charge in [-0.25, -0.2) is 4.99 Å². The monoisotopic (exact) mass is 397 g/mol. The van der Waals surface area contributed by atoms with Crippen LogP contribution in [0.4, 0.5) is 0 Å². The van der Waals surface area contributed by atoms with Crippen molar-refractivity contribution in [1.82, 2.24) is 5.32 Å². The van der Waals surface area contributed by atoms with Gasteiger partial charge in [0, 0.05) is 28.2 Å². The van der Waals surface area contributed by atoms with E-state index in [0.29, 0.717) is 29.5 Å². The van der Waals surface area contributed by atoms with Crippen LogP contribution in [0.25, 0.3) is 0 Å². The Bertz CT molecular complexity index is 701. The molecule has 1 unspecified atom stereocenters. The smallest absolute Gasteiger partial charge is 0.256 e. The fraction of sp³-hybridized carbons (Fsp3) is 0.375. The van der Waals surface area contributed by atoms with Crippen LogP contribution in [0.5, 0.6) is 0 Å². The first-order chi connectivity index (χ1) is 10.9. The number of carbonyl (C=O) groups is 2. The van der Waals surface area contributed by atoms with Crippen LogP contribution in [0.1, 0.15) is 32.3 Å². The number of carbonyl (C=O) groups excluding carboxylic acids is 2. The summed E-state index contributed by atoms with van der Waals surface area (Å²) in [5, 5.41) is 3.40. The molecule has 0 fully saturated rings. The number of benzene rings is 1. The predicted molar refractivity (Wildman–Crippen MR) is 94.9 cm³/mol. The molecular formula is C16H17BrClN3O2. The second kappa shape index (κ2) is 7.84. The molecule has 7 heteroatoms. The van der Waals surface area contributed by atoms with Crippen molar-refractivity contribution in [2.24, 2.45) is 15.9 Å². The summed E-state index contributed by atoms with van der Waals surface area (Å²) >= 11 is 9.44. The Kier molecular flexibility index (Phi) is 6.07. The van der Waals surface area contributed by atoms with E-state index in [0.717, 1.165) is 10.0 Å². The zero-order valence-electron chi connectivity index (χ0n) is 12.9. The van der Waals surface area contributed by atoms with E-state index >= 15 is 0 Å². The van der Waals surface area contributed by atoms with Crippen LogP contribution >= 0.6 is 27.5 Å². The molecule has 1 aromatic carbocycles. The largest absolute Gasteiger partial charge is 0.352 e.